The number of nitrogens with zero attached hydrogens (tertiary/aromatic N) is 1. The number of para-hydroxylation sites is 2. The molecule has 1 N–H and O–H groups in total. The summed E-state index contributed by atoms with van der Waals surface area (Å²) in [6, 6.07) is 14.3. The first-order chi connectivity index (χ1) is 11.2. The van der Waals surface area contributed by atoms with Gasteiger partial charge in [-0.05, 0) is 36.8 Å². The smallest absolute Gasteiger partial charge is 0.277 e. The summed E-state index contributed by atoms with van der Waals surface area (Å²) < 4.78 is 10.9. The predicted molar refractivity (Wildman–Crippen MR) is 90.3 cm³/mol. The lowest BCUT2D eigenvalue weighted by Gasteiger charge is -2.10. The van der Waals surface area contributed by atoms with Gasteiger partial charge in [-0.2, -0.15) is 5.10 Å². The number of halogens is 1. The maximum Gasteiger partial charge on any atom is 0.277 e. The van der Waals surface area contributed by atoms with Crippen molar-refractivity contribution in [3.8, 4) is 11.5 Å². The van der Waals surface area contributed by atoms with Crippen molar-refractivity contribution in [1.82, 2.24) is 5.43 Å². The molecule has 2 rings (SSSR count). The fourth-order valence-electron chi connectivity index (χ4n) is 1.79. The van der Waals surface area contributed by atoms with Gasteiger partial charge in [0.25, 0.3) is 5.91 Å². The van der Waals surface area contributed by atoms with Gasteiger partial charge >= 0.3 is 0 Å². The average Bonchev–Trinajstić information content (AvgIpc) is 2.54. The third kappa shape index (κ3) is 5.64. The molecule has 0 saturated heterocycles. The van der Waals surface area contributed by atoms with Gasteiger partial charge in [-0.3, -0.25) is 4.79 Å². The Morgan fingerprint density at radius 2 is 1.91 bits per heavy atom. The molecule has 5 nitrogen and oxygen atoms in total. The largest absolute Gasteiger partial charge is 0.490 e. The van der Waals surface area contributed by atoms with E-state index in [4.69, 9.17) is 21.1 Å². The molecule has 2 aromatic rings. The Morgan fingerprint density at radius 3 is 2.61 bits per heavy atom. The van der Waals surface area contributed by atoms with E-state index in [1.54, 1.807) is 30.3 Å². The molecule has 6 heteroatoms. The summed E-state index contributed by atoms with van der Waals surface area (Å²) in [7, 11) is 0. The highest BCUT2D eigenvalue weighted by molar-refractivity contribution is 6.30. The van der Waals surface area contributed by atoms with Gasteiger partial charge in [-0.15, -0.1) is 0 Å². The molecule has 0 aromatic heterocycles. The zero-order chi connectivity index (χ0) is 16.5. The standard InChI is InChI=1S/C17H17ClN2O3/c1-2-22-15-8-3-4-9-16(15)23-12-17(21)20-19-11-13-6-5-7-14(18)10-13/h3-11H,2,12H2,1H3,(H,20,21)/b19-11+. The van der Waals surface area contributed by atoms with E-state index in [-0.39, 0.29) is 12.5 Å². The van der Waals surface area contributed by atoms with Crippen molar-refractivity contribution in [2.24, 2.45) is 5.10 Å². The normalized spacial score (nSPS) is 10.5. The van der Waals surface area contributed by atoms with Crippen molar-refractivity contribution in [2.45, 2.75) is 6.92 Å². The van der Waals surface area contributed by atoms with Crippen LogP contribution in [0.25, 0.3) is 0 Å². The van der Waals surface area contributed by atoms with Crippen molar-refractivity contribution in [1.29, 1.82) is 0 Å². The number of carbonyl (C=O) groups is 1. The van der Waals surface area contributed by atoms with Gasteiger partial charge in [0.1, 0.15) is 0 Å². The summed E-state index contributed by atoms with van der Waals surface area (Å²) in [5.74, 6) is 0.753. The molecule has 2 aromatic carbocycles. The third-order valence-electron chi connectivity index (χ3n) is 2.76. The van der Waals surface area contributed by atoms with Crippen molar-refractivity contribution in [2.75, 3.05) is 13.2 Å². The van der Waals surface area contributed by atoms with Crippen LogP contribution in [0.3, 0.4) is 0 Å². The van der Waals surface area contributed by atoms with E-state index in [1.807, 2.05) is 25.1 Å². The van der Waals surface area contributed by atoms with E-state index in [1.165, 1.54) is 6.21 Å². The van der Waals surface area contributed by atoms with Crippen molar-refractivity contribution < 1.29 is 14.3 Å². The summed E-state index contributed by atoms with van der Waals surface area (Å²) in [6.45, 7) is 2.25. The number of benzene rings is 2. The first kappa shape index (κ1) is 16.8. The number of hydrogen-bond donors (Lipinski definition) is 1. The molecule has 23 heavy (non-hydrogen) atoms. The highest BCUT2D eigenvalue weighted by Gasteiger charge is 2.06. The van der Waals surface area contributed by atoms with E-state index >= 15 is 0 Å². The van der Waals surface area contributed by atoms with Crippen molar-refractivity contribution in [3.63, 3.8) is 0 Å². The van der Waals surface area contributed by atoms with Crippen LogP contribution in [-0.4, -0.2) is 25.3 Å². The quantitative estimate of drug-likeness (QED) is 0.625. The fourth-order valence-corrected chi connectivity index (χ4v) is 1.98. The highest BCUT2D eigenvalue weighted by Crippen LogP contribution is 2.26. The fraction of sp³-hybridized carbons (Fsp3) is 0.176. The van der Waals surface area contributed by atoms with Gasteiger partial charge in [0.05, 0.1) is 12.8 Å². The number of hydrazone groups is 1. The number of amides is 1. The first-order valence-electron chi connectivity index (χ1n) is 7.11. The lowest BCUT2D eigenvalue weighted by Crippen LogP contribution is -2.24. The molecule has 0 aliphatic heterocycles. The Morgan fingerprint density at radius 1 is 1.17 bits per heavy atom. The minimum Gasteiger partial charge on any atom is -0.490 e. The minimum atomic E-state index is -0.366. The van der Waals surface area contributed by atoms with E-state index in [2.05, 4.69) is 10.5 Å². The molecule has 0 saturated carbocycles. The summed E-state index contributed by atoms with van der Waals surface area (Å²) in [5.41, 5.74) is 3.19. The molecule has 0 aliphatic carbocycles. The predicted octanol–water partition coefficient (Wildman–Crippen LogP) is 3.27. The third-order valence-corrected chi connectivity index (χ3v) is 2.99. The van der Waals surface area contributed by atoms with Crippen LogP contribution in [0.4, 0.5) is 0 Å². The molecule has 0 aliphatic rings. The zero-order valence-corrected chi connectivity index (χ0v) is 13.4. The minimum absolute atomic E-state index is 0.156. The molecule has 0 bridgehead atoms. The van der Waals surface area contributed by atoms with Gasteiger partial charge in [0, 0.05) is 5.02 Å². The number of hydrogen-bond acceptors (Lipinski definition) is 4. The Labute approximate surface area is 139 Å². The van der Waals surface area contributed by atoms with Crippen molar-refractivity contribution in [3.05, 3.63) is 59.1 Å². The molecule has 120 valence electrons. The van der Waals surface area contributed by atoms with E-state index < -0.39 is 0 Å². The second-order valence-electron chi connectivity index (χ2n) is 4.52. The molecule has 0 unspecified atom stereocenters. The van der Waals surface area contributed by atoms with E-state index in [0.717, 1.165) is 5.56 Å². The topological polar surface area (TPSA) is 59.9 Å². The van der Waals surface area contributed by atoms with Crippen LogP contribution in [0, 0.1) is 0 Å². The second kappa shape index (κ2) is 8.80. The maximum atomic E-state index is 11.7. The number of carbonyl (C=O) groups excluding carboxylic acids is 1. The van der Waals surface area contributed by atoms with E-state index in [9.17, 15) is 4.79 Å². The summed E-state index contributed by atoms with van der Waals surface area (Å²) in [6.07, 6.45) is 1.51. The first-order valence-corrected chi connectivity index (χ1v) is 7.49. The van der Waals surface area contributed by atoms with Gasteiger partial charge in [0.15, 0.2) is 18.1 Å². The highest BCUT2D eigenvalue weighted by atomic mass is 35.5. The summed E-state index contributed by atoms with van der Waals surface area (Å²) in [5, 5.41) is 4.47. The molecule has 0 radical (unpaired) electrons. The monoisotopic (exact) mass is 332 g/mol. The van der Waals surface area contributed by atoms with Crippen LogP contribution in [0.5, 0.6) is 11.5 Å². The van der Waals surface area contributed by atoms with Crippen LogP contribution >= 0.6 is 11.6 Å². The molecular weight excluding hydrogens is 316 g/mol. The lowest BCUT2D eigenvalue weighted by molar-refractivity contribution is -0.123. The van der Waals surface area contributed by atoms with E-state index in [0.29, 0.717) is 23.1 Å². The average molecular weight is 333 g/mol. The van der Waals surface area contributed by atoms with Crippen LogP contribution in [0.2, 0.25) is 5.02 Å². The van der Waals surface area contributed by atoms with Gasteiger partial charge in [0.2, 0.25) is 0 Å². The maximum absolute atomic E-state index is 11.7. The molecular formula is C17H17ClN2O3. The molecule has 0 heterocycles. The van der Waals surface area contributed by atoms with Gasteiger partial charge in [-0.1, -0.05) is 35.9 Å². The Bertz CT molecular complexity index is 689. The van der Waals surface area contributed by atoms with Crippen molar-refractivity contribution >= 4 is 23.7 Å². The van der Waals surface area contributed by atoms with Crippen LogP contribution < -0.4 is 14.9 Å². The Balaban J connectivity index is 1.84. The molecule has 0 spiro atoms. The number of ether oxygens (including phenoxy) is 2. The Hall–Kier alpha value is -2.53. The lowest BCUT2D eigenvalue weighted by atomic mass is 10.2. The second-order valence-corrected chi connectivity index (χ2v) is 4.95. The van der Waals surface area contributed by atoms with Gasteiger partial charge in [-0.25, -0.2) is 5.43 Å². The van der Waals surface area contributed by atoms with Crippen LogP contribution in [0.1, 0.15) is 12.5 Å². The van der Waals surface area contributed by atoms with Crippen LogP contribution in [-0.2, 0) is 4.79 Å². The molecule has 0 fully saturated rings. The summed E-state index contributed by atoms with van der Waals surface area (Å²) in [4.78, 5) is 11.7. The van der Waals surface area contributed by atoms with Gasteiger partial charge < -0.3 is 9.47 Å². The number of rotatable bonds is 7. The van der Waals surface area contributed by atoms with Crippen LogP contribution in [0.15, 0.2) is 53.6 Å². The molecule has 1 amide bonds. The summed E-state index contributed by atoms with van der Waals surface area (Å²) >= 11 is 5.86. The zero-order valence-electron chi connectivity index (χ0n) is 12.7. The Kier molecular flexibility index (Phi) is 6.44. The molecule has 0 atom stereocenters. The SMILES string of the molecule is CCOc1ccccc1OCC(=O)N/N=C/c1cccc(Cl)c1. The number of nitrogens with one attached hydrogen (secondary N) is 1.